The van der Waals surface area contributed by atoms with Gasteiger partial charge in [0.05, 0.1) is 27.8 Å². The first-order valence-corrected chi connectivity index (χ1v) is 9.16. The number of fused-ring (bicyclic) bond motifs is 2. The maximum Gasteiger partial charge on any atom is 0.233 e. The highest BCUT2D eigenvalue weighted by atomic mass is 35.5. The van der Waals surface area contributed by atoms with Crippen molar-refractivity contribution in [3.63, 3.8) is 0 Å². The van der Waals surface area contributed by atoms with Crippen LogP contribution in [0.25, 0.3) is 28.0 Å². The van der Waals surface area contributed by atoms with Gasteiger partial charge in [-0.3, -0.25) is 0 Å². The van der Waals surface area contributed by atoms with Gasteiger partial charge in [0, 0.05) is 13.1 Å². The quantitative estimate of drug-likeness (QED) is 0.495. The molecule has 5 rings (SSSR count). The molecule has 28 heavy (non-hydrogen) atoms. The predicted molar refractivity (Wildman–Crippen MR) is 110 cm³/mol. The molecule has 7 nitrogen and oxygen atoms in total. The molecule has 0 bridgehead atoms. The lowest BCUT2D eigenvalue weighted by Crippen LogP contribution is -2.09. The molecule has 3 aromatic heterocycles. The Kier molecular flexibility index (Phi) is 3.77. The minimum atomic E-state index is 0.300. The van der Waals surface area contributed by atoms with Crippen LogP contribution in [0.3, 0.4) is 0 Å². The van der Waals surface area contributed by atoms with E-state index in [-0.39, 0.29) is 0 Å². The summed E-state index contributed by atoms with van der Waals surface area (Å²) in [7, 11) is 1.97. The summed E-state index contributed by atoms with van der Waals surface area (Å²) in [6.07, 6.45) is 0. The smallest absolute Gasteiger partial charge is 0.233 e. The Morgan fingerprint density at radius 1 is 0.893 bits per heavy atom. The summed E-state index contributed by atoms with van der Waals surface area (Å²) >= 11 is 6.37. The highest BCUT2D eigenvalue weighted by Crippen LogP contribution is 2.27. The van der Waals surface area contributed by atoms with Crippen molar-refractivity contribution in [2.45, 2.75) is 6.92 Å². The van der Waals surface area contributed by atoms with Gasteiger partial charge >= 0.3 is 0 Å². The van der Waals surface area contributed by atoms with Crippen LogP contribution in [-0.2, 0) is 7.05 Å². The largest absolute Gasteiger partial charge is 0.322 e. The van der Waals surface area contributed by atoms with Crippen molar-refractivity contribution in [2.24, 2.45) is 7.05 Å². The maximum absolute atomic E-state index is 6.37. The van der Waals surface area contributed by atoms with Gasteiger partial charge in [0.2, 0.25) is 5.95 Å². The molecule has 0 radical (unpaired) electrons. The highest BCUT2D eigenvalue weighted by Gasteiger charge is 2.16. The molecular formula is C20H16ClN7. The lowest BCUT2D eigenvalue weighted by atomic mass is 10.3. The van der Waals surface area contributed by atoms with Crippen LogP contribution in [0.15, 0.2) is 54.6 Å². The van der Waals surface area contributed by atoms with Crippen LogP contribution >= 0.6 is 11.6 Å². The Hall–Kier alpha value is -3.45. The van der Waals surface area contributed by atoms with Crippen LogP contribution in [0.4, 0.5) is 11.6 Å². The maximum atomic E-state index is 6.37. The van der Waals surface area contributed by atoms with Crippen molar-refractivity contribution in [3.05, 3.63) is 65.4 Å². The van der Waals surface area contributed by atoms with Crippen LogP contribution in [0, 0.1) is 6.92 Å². The molecule has 0 fully saturated rings. The van der Waals surface area contributed by atoms with E-state index in [1.54, 1.807) is 4.68 Å². The molecule has 8 heteroatoms. The summed E-state index contributed by atoms with van der Waals surface area (Å²) in [5.74, 6) is 1.88. The normalized spacial score (nSPS) is 11.4. The number of aryl methyl sites for hydroxylation is 2. The first kappa shape index (κ1) is 16.7. The van der Waals surface area contributed by atoms with Gasteiger partial charge in [-0.05, 0) is 31.2 Å². The third kappa shape index (κ3) is 2.68. The van der Waals surface area contributed by atoms with Gasteiger partial charge in [0.15, 0.2) is 11.0 Å². The number of rotatable bonds is 3. The number of anilines is 2. The SMILES string of the molecule is Cc1cc(Nc2nc3ccccc3nc2Cl)n(-c2nc3ccccc3n2C)n1. The van der Waals surface area contributed by atoms with Gasteiger partial charge in [0.25, 0.3) is 0 Å². The summed E-state index contributed by atoms with van der Waals surface area (Å²) in [5.41, 5.74) is 4.29. The Morgan fingerprint density at radius 3 is 2.32 bits per heavy atom. The van der Waals surface area contributed by atoms with Crippen LogP contribution in [0.2, 0.25) is 5.15 Å². The van der Waals surface area contributed by atoms with E-state index in [1.165, 1.54) is 0 Å². The predicted octanol–water partition coefficient (Wildman–Crippen LogP) is 4.41. The molecule has 0 saturated heterocycles. The van der Waals surface area contributed by atoms with Gasteiger partial charge in [-0.25, -0.2) is 15.0 Å². The van der Waals surface area contributed by atoms with E-state index in [0.717, 1.165) is 27.8 Å². The van der Waals surface area contributed by atoms with E-state index in [1.807, 2.05) is 73.1 Å². The van der Waals surface area contributed by atoms with Gasteiger partial charge in [-0.1, -0.05) is 35.9 Å². The van der Waals surface area contributed by atoms with E-state index >= 15 is 0 Å². The fourth-order valence-electron chi connectivity index (χ4n) is 3.24. The topological polar surface area (TPSA) is 73.5 Å². The van der Waals surface area contributed by atoms with Crippen molar-refractivity contribution >= 4 is 45.3 Å². The monoisotopic (exact) mass is 389 g/mol. The zero-order valence-corrected chi connectivity index (χ0v) is 16.0. The van der Waals surface area contributed by atoms with Crippen LogP contribution in [-0.4, -0.2) is 29.3 Å². The third-order valence-electron chi connectivity index (χ3n) is 4.56. The Morgan fingerprint density at radius 2 is 1.57 bits per heavy atom. The van der Waals surface area contributed by atoms with Gasteiger partial charge in [-0.2, -0.15) is 9.78 Å². The lowest BCUT2D eigenvalue weighted by Gasteiger charge is -2.10. The molecule has 0 aliphatic carbocycles. The number of halogens is 1. The minimum Gasteiger partial charge on any atom is -0.322 e. The molecule has 5 aromatic rings. The number of aromatic nitrogens is 6. The first-order valence-electron chi connectivity index (χ1n) is 8.78. The molecule has 0 amide bonds. The van der Waals surface area contributed by atoms with Crippen molar-refractivity contribution in [2.75, 3.05) is 5.32 Å². The Bertz CT molecular complexity index is 1340. The van der Waals surface area contributed by atoms with Crippen molar-refractivity contribution in [1.29, 1.82) is 0 Å². The number of hydrogen-bond donors (Lipinski definition) is 1. The molecule has 2 aromatic carbocycles. The van der Waals surface area contributed by atoms with Crippen molar-refractivity contribution in [3.8, 4) is 5.95 Å². The fraction of sp³-hybridized carbons (Fsp3) is 0.100. The van der Waals surface area contributed by atoms with E-state index < -0.39 is 0 Å². The van der Waals surface area contributed by atoms with Crippen molar-refractivity contribution < 1.29 is 0 Å². The third-order valence-corrected chi connectivity index (χ3v) is 4.82. The number of benzene rings is 2. The molecule has 0 unspecified atom stereocenters. The summed E-state index contributed by atoms with van der Waals surface area (Å²) in [5, 5.41) is 8.17. The molecule has 0 spiro atoms. The summed E-state index contributed by atoms with van der Waals surface area (Å²) < 4.78 is 3.75. The second-order valence-electron chi connectivity index (χ2n) is 6.52. The summed E-state index contributed by atoms with van der Waals surface area (Å²) in [6.45, 7) is 1.93. The Labute approximate surface area is 165 Å². The van der Waals surface area contributed by atoms with Gasteiger partial charge in [-0.15, -0.1) is 0 Å². The van der Waals surface area contributed by atoms with E-state index in [9.17, 15) is 0 Å². The standard InChI is InChI=1S/C20H16ClN7/c1-12-11-17(25-19-18(21)22-13-7-3-4-8-14(13)23-19)28(26-12)20-24-15-9-5-6-10-16(15)27(20)2/h3-11H,1-2H3,(H,23,25). The van der Waals surface area contributed by atoms with E-state index in [4.69, 9.17) is 16.6 Å². The summed E-state index contributed by atoms with van der Waals surface area (Å²) in [6, 6.07) is 17.5. The second kappa shape index (κ2) is 6.31. The summed E-state index contributed by atoms with van der Waals surface area (Å²) in [4.78, 5) is 13.8. The average Bonchev–Trinajstić information content (AvgIpc) is 3.22. The number of para-hydroxylation sites is 4. The molecule has 0 saturated carbocycles. The molecule has 3 heterocycles. The van der Waals surface area contributed by atoms with Crippen LogP contribution < -0.4 is 5.32 Å². The van der Waals surface area contributed by atoms with Crippen LogP contribution in [0.1, 0.15) is 5.69 Å². The molecule has 0 atom stereocenters. The lowest BCUT2D eigenvalue weighted by molar-refractivity contribution is 0.759. The van der Waals surface area contributed by atoms with E-state index in [0.29, 0.717) is 22.7 Å². The zero-order valence-electron chi connectivity index (χ0n) is 15.3. The number of nitrogens with one attached hydrogen (secondary N) is 1. The highest BCUT2D eigenvalue weighted by molar-refractivity contribution is 6.32. The second-order valence-corrected chi connectivity index (χ2v) is 6.88. The molecule has 0 aliphatic heterocycles. The van der Waals surface area contributed by atoms with Crippen LogP contribution in [0.5, 0.6) is 0 Å². The number of hydrogen-bond acceptors (Lipinski definition) is 5. The first-order chi connectivity index (χ1) is 13.6. The van der Waals surface area contributed by atoms with Gasteiger partial charge in [0.1, 0.15) is 5.82 Å². The Balaban J connectivity index is 1.62. The fourth-order valence-corrected chi connectivity index (χ4v) is 3.42. The average molecular weight is 390 g/mol. The van der Waals surface area contributed by atoms with E-state index in [2.05, 4.69) is 20.4 Å². The molecule has 0 aliphatic rings. The number of imidazole rings is 1. The molecule has 138 valence electrons. The molecular weight excluding hydrogens is 374 g/mol. The zero-order chi connectivity index (χ0) is 19.3. The number of nitrogens with zero attached hydrogens (tertiary/aromatic N) is 6. The minimum absolute atomic E-state index is 0.300. The van der Waals surface area contributed by atoms with Crippen molar-refractivity contribution in [1.82, 2.24) is 29.3 Å². The van der Waals surface area contributed by atoms with Gasteiger partial charge < -0.3 is 9.88 Å². The molecule has 1 N–H and O–H groups in total.